The van der Waals surface area contributed by atoms with Gasteiger partial charge in [-0.1, -0.05) is 60.7 Å². The lowest BCUT2D eigenvalue weighted by Gasteiger charge is -2.44. The topological polar surface area (TPSA) is 46.2 Å². The summed E-state index contributed by atoms with van der Waals surface area (Å²) in [7, 11) is -7.54. The van der Waals surface area contributed by atoms with Crippen molar-refractivity contribution in [2.45, 2.75) is 51.1 Å². The molecule has 2 atom stereocenters. The van der Waals surface area contributed by atoms with Crippen molar-refractivity contribution in [2.24, 2.45) is 0 Å². The quantitative estimate of drug-likeness (QED) is 0.212. The summed E-state index contributed by atoms with van der Waals surface area (Å²) in [5.41, 5.74) is 0. The molecule has 0 aliphatic carbocycles. The molecule has 0 bridgehead atoms. The number of hydrogen-bond donors (Lipinski definition) is 2. The minimum Gasteiger partial charge on any atom is -0.415 e. The molecule has 0 radical (unpaired) electrons. The molecule has 0 saturated heterocycles. The molecule has 2 rings (SSSR count). The number of hydrogen-bond acceptors (Lipinski definition) is 7. The molecule has 11 heteroatoms. The van der Waals surface area contributed by atoms with Crippen molar-refractivity contribution in [2.75, 3.05) is 25.7 Å². The zero-order valence-corrected chi connectivity index (χ0v) is 27.7. The molecule has 0 heterocycles. The van der Waals surface area contributed by atoms with Crippen molar-refractivity contribution in [3.8, 4) is 0 Å². The predicted octanol–water partition coefficient (Wildman–Crippen LogP) is 5.07. The van der Waals surface area contributed by atoms with E-state index in [1.54, 1.807) is 14.2 Å². The summed E-state index contributed by atoms with van der Waals surface area (Å²) in [5, 5.41) is 2.10. The first kappa shape index (κ1) is 31.0. The van der Waals surface area contributed by atoms with Gasteiger partial charge in [0.15, 0.2) is 0 Å². The van der Waals surface area contributed by atoms with E-state index in [-0.39, 0.29) is 0 Å². The van der Waals surface area contributed by atoms with Crippen LogP contribution in [0.5, 0.6) is 0 Å². The van der Waals surface area contributed by atoms with Crippen LogP contribution in [-0.4, -0.2) is 60.0 Å². The fraction of sp³-hybridized carbons (Fsp3) is 0.500. The smallest absolute Gasteiger partial charge is 0.389 e. The van der Waals surface area contributed by atoms with E-state index in [0.29, 0.717) is 0 Å². The summed E-state index contributed by atoms with van der Waals surface area (Å²) in [5.74, 6) is 1.59. The first-order valence-electron chi connectivity index (χ1n) is 12.1. The van der Waals surface area contributed by atoms with Crippen LogP contribution in [0.1, 0.15) is 12.8 Å². The van der Waals surface area contributed by atoms with Crippen LogP contribution < -0.4 is 10.4 Å². The Hall–Kier alpha value is -0.192. The number of rotatable bonds is 16. The molecule has 0 spiro atoms. The van der Waals surface area contributed by atoms with Gasteiger partial charge >= 0.3 is 34.2 Å². The molecule has 2 unspecified atom stereocenters. The van der Waals surface area contributed by atoms with Crippen molar-refractivity contribution in [1.29, 1.82) is 0 Å². The molecule has 0 N–H and O–H groups in total. The highest BCUT2D eigenvalue weighted by Crippen LogP contribution is 2.28. The Morgan fingerprint density at radius 2 is 1.00 bits per heavy atom. The Labute approximate surface area is 227 Å². The van der Waals surface area contributed by atoms with E-state index in [1.165, 1.54) is 0 Å². The summed E-state index contributed by atoms with van der Waals surface area (Å²) < 4.78 is 33.4. The van der Waals surface area contributed by atoms with Gasteiger partial charge in [-0.25, -0.2) is 0 Å². The lowest BCUT2D eigenvalue weighted by Crippen LogP contribution is -2.72. The summed E-state index contributed by atoms with van der Waals surface area (Å²) in [6.07, 6.45) is 1.86. The van der Waals surface area contributed by atoms with Crippen LogP contribution in [0, 0.1) is 0 Å². The van der Waals surface area contributed by atoms with Crippen LogP contribution in [0.3, 0.4) is 0 Å². The largest absolute Gasteiger partial charge is 0.415 e. The minimum absolute atomic E-state index is 0.785. The SMILES string of the molecule is CO[Si](C)(CCCS)O[Si](C)(C)O[Si](O[Si](C)(CCCS)OC)(c1ccccc1)c1ccccc1. The third-order valence-electron chi connectivity index (χ3n) is 5.96. The summed E-state index contributed by atoms with van der Waals surface area (Å²) in [4.78, 5) is 0. The second kappa shape index (κ2) is 14.1. The molecule has 0 fully saturated rings. The Morgan fingerprint density at radius 3 is 1.37 bits per heavy atom. The maximum Gasteiger partial charge on any atom is 0.389 e. The van der Waals surface area contributed by atoms with Crippen molar-refractivity contribution in [3.63, 3.8) is 0 Å². The van der Waals surface area contributed by atoms with Crippen molar-refractivity contribution >= 4 is 69.9 Å². The molecular formula is C24H42O5S2Si4. The van der Waals surface area contributed by atoms with Crippen LogP contribution in [0.15, 0.2) is 60.7 Å². The second-order valence-corrected chi connectivity index (χ2v) is 24.3. The predicted molar refractivity (Wildman–Crippen MR) is 162 cm³/mol. The third-order valence-corrected chi connectivity index (χ3v) is 22.7. The van der Waals surface area contributed by atoms with Crippen LogP contribution in [0.2, 0.25) is 38.3 Å². The van der Waals surface area contributed by atoms with Crippen LogP contribution in [-0.2, 0) is 21.2 Å². The second-order valence-electron chi connectivity index (χ2n) is 9.38. The highest BCUT2D eigenvalue weighted by molar-refractivity contribution is 7.80. The van der Waals surface area contributed by atoms with Gasteiger partial charge in [-0.05, 0) is 73.0 Å². The number of benzene rings is 2. The molecule has 2 aromatic carbocycles. The van der Waals surface area contributed by atoms with Gasteiger partial charge in [0, 0.05) is 14.2 Å². The fourth-order valence-electron chi connectivity index (χ4n) is 4.12. The van der Waals surface area contributed by atoms with Crippen molar-refractivity contribution < 1.29 is 21.2 Å². The van der Waals surface area contributed by atoms with Crippen LogP contribution >= 0.6 is 25.3 Å². The van der Waals surface area contributed by atoms with Crippen molar-refractivity contribution in [3.05, 3.63) is 60.7 Å². The Kier molecular flexibility index (Phi) is 12.5. The van der Waals surface area contributed by atoms with E-state index < -0.39 is 34.2 Å². The van der Waals surface area contributed by atoms with E-state index in [0.717, 1.165) is 46.8 Å². The van der Waals surface area contributed by atoms with Gasteiger partial charge in [0.2, 0.25) is 0 Å². The van der Waals surface area contributed by atoms with E-state index in [4.69, 9.17) is 21.2 Å². The molecular weight excluding hydrogens is 545 g/mol. The van der Waals surface area contributed by atoms with Gasteiger partial charge in [0.1, 0.15) is 0 Å². The van der Waals surface area contributed by atoms with Gasteiger partial charge in [-0.2, -0.15) is 25.3 Å². The molecule has 0 aromatic heterocycles. The van der Waals surface area contributed by atoms with Gasteiger partial charge in [-0.3, -0.25) is 0 Å². The summed E-state index contributed by atoms with van der Waals surface area (Å²) in [6.45, 7) is 8.46. The summed E-state index contributed by atoms with van der Waals surface area (Å²) in [6, 6.07) is 22.4. The van der Waals surface area contributed by atoms with E-state index in [1.807, 2.05) is 36.4 Å². The van der Waals surface area contributed by atoms with Crippen LogP contribution in [0.25, 0.3) is 0 Å². The highest BCUT2D eigenvalue weighted by Gasteiger charge is 2.54. The fourth-order valence-corrected chi connectivity index (χ4v) is 22.5. The molecule has 0 aliphatic rings. The molecule has 0 aliphatic heterocycles. The average molecular weight is 587 g/mol. The average Bonchev–Trinajstić information content (AvgIpc) is 2.86. The van der Waals surface area contributed by atoms with Gasteiger partial charge in [-0.15, -0.1) is 0 Å². The van der Waals surface area contributed by atoms with E-state index in [9.17, 15) is 0 Å². The van der Waals surface area contributed by atoms with Gasteiger partial charge in [0.25, 0.3) is 0 Å². The Morgan fingerprint density at radius 1 is 0.600 bits per heavy atom. The molecule has 5 nitrogen and oxygen atoms in total. The first-order valence-corrected chi connectivity index (χ1v) is 23.1. The van der Waals surface area contributed by atoms with E-state index >= 15 is 0 Å². The molecule has 0 saturated carbocycles. The first-order chi connectivity index (χ1) is 16.6. The van der Waals surface area contributed by atoms with Gasteiger partial charge in [0.05, 0.1) is 0 Å². The maximum atomic E-state index is 7.26. The monoisotopic (exact) mass is 586 g/mol. The molecule has 196 valence electrons. The van der Waals surface area contributed by atoms with Crippen molar-refractivity contribution in [1.82, 2.24) is 0 Å². The molecule has 35 heavy (non-hydrogen) atoms. The zero-order chi connectivity index (χ0) is 26.0. The molecule has 0 amide bonds. The standard InChI is InChI=1S/C24H42O5S2Si4/c1-25-33(5,21-13-19-30)27-32(3,4)28-35(23-15-9-7-10-16-23,24-17-11-8-12-18-24)29-34(6,26-2)22-14-20-31/h7-12,15-18,30-31H,13-14,19-22H2,1-6H3. The normalized spacial score (nSPS) is 16.0. The van der Waals surface area contributed by atoms with Crippen LogP contribution in [0.4, 0.5) is 0 Å². The summed E-state index contributed by atoms with van der Waals surface area (Å²) >= 11 is 8.84. The Balaban J connectivity index is 2.63. The van der Waals surface area contributed by atoms with E-state index in [2.05, 4.69) is 75.7 Å². The highest BCUT2D eigenvalue weighted by atomic mass is 32.1. The third kappa shape index (κ3) is 8.95. The molecule has 2 aromatic rings. The minimum atomic E-state index is -3.23. The zero-order valence-electron chi connectivity index (χ0n) is 22.0. The van der Waals surface area contributed by atoms with Gasteiger partial charge < -0.3 is 21.2 Å². The Bertz CT molecular complexity index is 841. The number of thiol groups is 2. The maximum absolute atomic E-state index is 7.26. The lowest BCUT2D eigenvalue weighted by atomic mass is 10.4. The lowest BCUT2D eigenvalue weighted by molar-refractivity contribution is 0.245.